The first kappa shape index (κ1) is 17.3. The number of halogens is 1. The number of nitrogens with one attached hydrogen (secondary N) is 1. The van der Waals surface area contributed by atoms with Gasteiger partial charge in [0.1, 0.15) is 0 Å². The molecule has 0 aliphatic carbocycles. The molecule has 1 saturated heterocycles. The van der Waals surface area contributed by atoms with Gasteiger partial charge in [0.2, 0.25) is 5.79 Å². The molecule has 3 N–H and O–H groups in total. The second-order valence-electron chi connectivity index (χ2n) is 5.35. The fourth-order valence-electron chi connectivity index (χ4n) is 2.28. The molecule has 0 bridgehead atoms. The van der Waals surface area contributed by atoms with Gasteiger partial charge in [-0.15, -0.1) is 9.63 Å². The summed E-state index contributed by atoms with van der Waals surface area (Å²) in [5.41, 5.74) is 4.71. The lowest BCUT2D eigenvalue weighted by Gasteiger charge is -2.47. The van der Waals surface area contributed by atoms with E-state index in [-0.39, 0.29) is 0 Å². The second kappa shape index (κ2) is 5.94. The fraction of sp³-hybridized carbons (Fsp3) is 0.727. The lowest BCUT2D eigenvalue weighted by molar-refractivity contribution is -0.0952. The molecule has 0 aromatic heterocycles. The third-order valence-corrected chi connectivity index (χ3v) is 3.43. The molecule has 0 spiro atoms. The van der Waals surface area contributed by atoms with Crippen LogP contribution < -0.4 is 11.1 Å². The first-order valence-corrected chi connectivity index (χ1v) is 6.71. The number of ether oxygens (including phenoxy) is 1. The Morgan fingerprint density at radius 2 is 2.14 bits per heavy atom. The molecule has 1 atom stereocenters. The van der Waals surface area contributed by atoms with Crippen LogP contribution in [0.15, 0.2) is 5.10 Å². The van der Waals surface area contributed by atoms with Crippen molar-refractivity contribution < 1.29 is 14.3 Å². The molecule has 1 fully saturated rings. The van der Waals surface area contributed by atoms with E-state index in [4.69, 9.17) is 22.2 Å². The fourth-order valence-corrected chi connectivity index (χ4v) is 2.53. The van der Waals surface area contributed by atoms with Gasteiger partial charge in [0.25, 0.3) is 0 Å². The number of hydrazine groups is 1. The van der Waals surface area contributed by atoms with Gasteiger partial charge in [-0.05, 0) is 14.0 Å². The normalized spacial score (nSPS) is 23.3. The molecule has 0 aromatic rings. The number of nitrogens with two attached hydrogens (primary N) is 1. The van der Waals surface area contributed by atoms with Gasteiger partial charge >= 0.3 is 12.1 Å². The molecule has 1 unspecified atom stereocenters. The molecular weight excluding hydrogens is 300 g/mol. The molecule has 0 saturated carbocycles. The van der Waals surface area contributed by atoms with Gasteiger partial charge in [0.15, 0.2) is 6.40 Å². The Morgan fingerprint density at radius 1 is 1.57 bits per heavy atom. The molecule has 1 heterocycles. The maximum atomic E-state index is 12.3. The predicted octanol–water partition coefficient (Wildman–Crippen LogP) is 1.07. The van der Waals surface area contributed by atoms with Crippen molar-refractivity contribution in [1.29, 1.82) is 0 Å². The van der Waals surface area contributed by atoms with Gasteiger partial charge in [0, 0.05) is 17.2 Å². The van der Waals surface area contributed by atoms with Gasteiger partial charge < -0.3 is 10.5 Å². The second-order valence-corrected chi connectivity index (χ2v) is 5.67. The van der Waals surface area contributed by atoms with Crippen molar-refractivity contribution >= 4 is 30.2 Å². The highest BCUT2D eigenvalue weighted by atomic mass is 35.5. The van der Waals surface area contributed by atoms with E-state index in [2.05, 4.69) is 10.4 Å². The molecule has 1 rings (SSSR count). The van der Waals surface area contributed by atoms with Crippen molar-refractivity contribution in [3.63, 3.8) is 0 Å². The summed E-state index contributed by atoms with van der Waals surface area (Å²) < 4.78 is 5.62. The predicted molar refractivity (Wildman–Crippen MR) is 77.7 cm³/mol. The Kier molecular flexibility index (Phi) is 4.90. The lowest BCUT2D eigenvalue weighted by atomic mass is 9.86. The SMILES string of the molecule is CCOC=NN1C(=O)N(Cl)N(C(N)=O)C1(NC)C(C)(C)C. The number of nitrogens with zero attached hydrogens (tertiary/aromatic N) is 4. The van der Waals surface area contributed by atoms with Crippen LogP contribution in [-0.4, -0.2) is 52.5 Å². The van der Waals surface area contributed by atoms with Crippen molar-refractivity contribution in [2.75, 3.05) is 13.7 Å². The van der Waals surface area contributed by atoms with Crippen LogP contribution in [0.1, 0.15) is 27.7 Å². The molecule has 10 heteroatoms. The first-order chi connectivity index (χ1) is 9.65. The standard InChI is InChI=1S/C11H21ClN6O3/c1-6-21-7-15-16-9(20)18(12)17(8(13)19)11(16,14-5)10(2,3)4/h7,14H,6H2,1-5H3,(H2,13,19). The van der Waals surface area contributed by atoms with Crippen LogP contribution in [0.3, 0.4) is 0 Å². The summed E-state index contributed by atoms with van der Waals surface area (Å²) in [5, 5.41) is 8.83. The minimum Gasteiger partial charge on any atom is -0.482 e. The van der Waals surface area contributed by atoms with E-state index in [0.717, 1.165) is 16.4 Å². The van der Waals surface area contributed by atoms with Gasteiger partial charge in [-0.2, -0.15) is 10.0 Å². The molecule has 9 nitrogen and oxygen atoms in total. The molecule has 1 aliphatic heterocycles. The van der Waals surface area contributed by atoms with Crippen molar-refractivity contribution in [1.82, 2.24) is 19.9 Å². The maximum absolute atomic E-state index is 12.3. The summed E-state index contributed by atoms with van der Waals surface area (Å²) in [6, 6.07) is -1.62. The molecule has 0 radical (unpaired) electrons. The first-order valence-electron chi connectivity index (χ1n) is 6.37. The zero-order chi connectivity index (χ0) is 16.4. The largest absolute Gasteiger partial charge is 0.482 e. The molecule has 1 aliphatic rings. The van der Waals surface area contributed by atoms with Gasteiger partial charge in [-0.3, -0.25) is 5.32 Å². The highest BCUT2D eigenvalue weighted by Gasteiger charge is 2.64. The van der Waals surface area contributed by atoms with Crippen molar-refractivity contribution in [3.8, 4) is 0 Å². The van der Waals surface area contributed by atoms with E-state index in [1.165, 1.54) is 0 Å². The smallest absolute Gasteiger partial charge is 0.378 e. The Morgan fingerprint density at radius 3 is 2.52 bits per heavy atom. The highest BCUT2D eigenvalue weighted by Crippen LogP contribution is 2.43. The summed E-state index contributed by atoms with van der Waals surface area (Å²) in [4.78, 5) is 24.1. The third-order valence-electron chi connectivity index (χ3n) is 3.13. The zero-order valence-electron chi connectivity index (χ0n) is 12.8. The number of rotatable bonds is 4. The lowest BCUT2D eigenvalue weighted by Crippen LogP contribution is -2.71. The van der Waals surface area contributed by atoms with Gasteiger partial charge in [-0.25, -0.2) is 9.59 Å². The van der Waals surface area contributed by atoms with Crippen LogP contribution >= 0.6 is 11.8 Å². The minimum absolute atomic E-state index is 0.387. The van der Waals surface area contributed by atoms with E-state index < -0.39 is 23.3 Å². The minimum atomic E-state index is -1.37. The molecular formula is C11H21ClN6O3. The third kappa shape index (κ3) is 2.58. The molecule has 4 amide bonds. The van der Waals surface area contributed by atoms with Crippen molar-refractivity contribution in [2.45, 2.75) is 33.5 Å². The number of carbonyl (C=O) groups excluding carboxylic acids is 2. The number of hydrogen-bond acceptors (Lipinski definition) is 5. The van der Waals surface area contributed by atoms with E-state index in [0.29, 0.717) is 11.1 Å². The molecule has 21 heavy (non-hydrogen) atoms. The number of carbonyl (C=O) groups is 2. The van der Waals surface area contributed by atoms with E-state index in [9.17, 15) is 9.59 Å². The zero-order valence-corrected chi connectivity index (χ0v) is 13.5. The van der Waals surface area contributed by atoms with Crippen LogP contribution in [-0.2, 0) is 4.74 Å². The van der Waals surface area contributed by atoms with Crippen LogP contribution in [0, 0.1) is 5.41 Å². The summed E-state index contributed by atoms with van der Waals surface area (Å²) >= 11 is 5.91. The molecule has 0 aromatic carbocycles. The van der Waals surface area contributed by atoms with Crippen LogP contribution in [0.5, 0.6) is 0 Å². The van der Waals surface area contributed by atoms with Crippen LogP contribution in [0.4, 0.5) is 9.59 Å². The van der Waals surface area contributed by atoms with Crippen LogP contribution in [0.25, 0.3) is 0 Å². The maximum Gasteiger partial charge on any atom is 0.378 e. The number of hydrazone groups is 1. The number of primary amides is 1. The summed E-state index contributed by atoms with van der Waals surface area (Å²) in [6.45, 7) is 7.60. The Hall–Kier alpha value is -1.74. The Labute approximate surface area is 128 Å². The van der Waals surface area contributed by atoms with E-state index in [1.807, 2.05) is 20.8 Å². The summed E-state index contributed by atoms with van der Waals surface area (Å²) in [6.07, 6.45) is 1.12. The molecule has 120 valence electrons. The van der Waals surface area contributed by atoms with E-state index >= 15 is 0 Å². The summed E-state index contributed by atoms with van der Waals surface area (Å²) in [7, 11) is 1.58. The van der Waals surface area contributed by atoms with Gasteiger partial charge in [-0.1, -0.05) is 20.8 Å². The highest BCUT2D eigenvalue weighted by molar-refractivity contribution is 6.22. The van der Waals surface area contributed by atoms with Crippen molar-refractivity contribution in [3.05, 3.63) is 0 Å². The summed E-state index contributed by atoms with van der Waals surface area (Å²) in [5.74, 6) is -1.37. The Bertz CT molecular complexity index is 452. The number of hydrogen-bond donors (Lipinski definition) is 2. The van der Waals surface area contributed by atoms with Gasteiger partial charge in [0.05, 0.1) is 6.61 Å². The average molecular weight is 321 g/mol. The van der Waals surface area contributed by atoms with E-state index in [1.54, 1.807) is 14.0 Å². The number of amides is 4. The topological polar surface area (TPSA) is 104 Å². The quantitative estimate of drug-likeness (QED) is 0.459. The number of urea groups is 2. The average Bonchev–Trinajstić information content (AvgIpc) is 2.60. The van der Waals surface area contributed by atoms with Crippen molar-refractivity contribution in [2.24, 2.45) is 16.3 Å². The Balaban J connectivity index is 3.44. The van der Waals surface area contributed by atoms with Crippen LogP contribution in [0.2, 0.25) is 0 Å². The monoisotopic (exact) mass is 320 g/mol.